The molecule has 0 unspecified atom stereocenters. The summed E-state index contributed by atoms with van der Waals surface area (Å²) in [5.74, 6) is 0.208. The van der Waals surface area contributed by atoms with Crippen molar-refractivity contribution in [2.45, 2.75) is 25.6 Å². The maximum atomic E-state index is 12.0. The first kappa shape index (κ1) is 15.6. The highest BCUT2D eigenvalue weighted by Crippen LogP contribution is 2.18. The first-order chi connectivity index (χ1) is 10.0. The Kier molecular flexibility index (Phi) is 5.03. The van der Waals surface area contributed by atoms with E-state index in [-0.39, 0.29) is 18.3 Å². The van der Waals surface area contributed by atoms with Crippen LogP contribution in [-0.4, -0.2) is 26.3 Å². The molecule has 0 aliphatic heterocycles. The second kappa shape index (κ2) is 6.78. The molecule has 112 valence electrons. The summed E-state index contributed by atoms with van der Waals surface area (Å²) in [6.07, 6.45) is 1.61. The number of amides is 1. The van der Waals surface area contributed by atoms with Crippen molar-refractivity contribution in [3.63, 3.8) is 0 Å². The van der Waals surface area contributed by atoms with E-state index in [4.69, 9.17) is 5.11 Å². The number of thioether (sulfide) groups is 1. The minimum Gasteiger partial charge on any atom is -0.390 e. The van der Waals surface area contributed by atoms with Crippen molar-refractivity contribution in [2.24, 2.45) is 7.05 Å². The molecule has 2 aromatic rings. The summed E-state index contributed by atoms with van der Waals surface area (Å²) in [5.41, 5.74) is 3.88. The third-order valence-electron chi connectivity index (χ3n) is 3.33. The van der Waals surface area contributed by atoms with Gasteiger partial charge in [-0.3, -0.25) is 4.79 Å². The first-order valence-electron chi connectivity index (χ1n) is 6.62. The summed E-state index contributed by atoms with van der Waals surface area (Å²) >= 11 is 1.35. The SMILES string of the molecule is Cc1ccc(NC(=O)CSc2ncc(CO)n2C)cc1C. The second-order valence-corrected chi connectivity index (χ2v) is 5.83. The van der Waals surface area contributed by atoms with Gasteiger partial charge in [0.1, 0.15) is 0 Å². The number of nitrogens with one attached hydrogen (secondary N) is 1. The molecular weight excluding hydrogens is 286 g/mol. The van der Waals surface area contributed by atoms with Crippen LogP contribution < -0.4 is 5.32 Å². The molecular formula is C15H19N3O2S. The van der Waals surface area contributed by atoms with E-state index in [1.54, 1.807) is 10.8 Å². The molecule has 2 rings (SSSR count). The number of aromatic nitrogens is 2. The van der Waals surface area contributed by atoms with E-state index in [2.05, 4.69) is 10.3 Å². The van der Waals surface area contributed by atoms with Gasteiger partial charge in [-0.05, 0) is 37.1 Å². The number of carbonyl (C=O) groups excluding carboxylic acids is 1. The smallest absolute Gasteiger partial charge is 0.234 e. The van der Waals surface area contributed by atoms with Gasteiger partial charge in [0.05, 0.1) is 24.3 Å². The Hall–Kier alpha value is -1.79. The van der Waals surface area contributed by atoms with Crippen molar-refractivity contribution in [1.29, 1.82) is 0 Å². The predicted octanol–water partition coefficient (Wildman–Crippen LogP) is 2.26. The third kappa shape index (κ3) is 3.86. The molecule has 0 radical (unpaired) electrons. The minimum atomic E-state index is -0.0724. The average molecular weight is 305 g/mol. The van der Waals surface area contributed by atoms with Gasteiger partial charge >= 0.3 is 0 Å². The molecule has 0 bridgehead atoms. The highest BCUT2D eigenvalue weighted by atomic mass is 32.2. The Bertz CT molecular complexity index is 652. The number of nitrogens with zero attached hydrogens (tertiary/aromatic N) is 2. The molecule has 1 amide bonds. The highest BCUT2D eigenvalue weighted by molar-refractivity contribution is 7.99. The monoisotopic (exact) mass is 305 g/mol. The molecule has 0 atom stereocenters. The quantitative estimate of drug-likeness (QED) is 0.832. The molecule has 1 aromatic heterocycles. The number of anilines is 1. The Morgan fingerprint density at radius 3 is 2.76 bits per heavy atom. The zero-order chi connectivity index (χ0) is 15.4. The van der Waals surface area contributed by atoms with E-state index >= 15 is 0 Å². The fourth-order valence-electron chi connectivity index (χ4n) is 1.85. The largest absolute Gasteiger partial charge is 0.390 e. The number of aliphatic hydroxyl groups excluding tert-OH is 1. The highest BCUT2D eigenvalue weighted by Gasteiger charge is 2.09. The lowest BCUT2D eigenvalue weighted by molar-refractivity contribution is -0.113. The fourth-order valence-corrected chi connectivity index (χ4v) is 2.62. The molecule has 0 aliphatic carbocycles. The van der Waals surface area contributed by atoms with Gasteiger partial charge in [-0.15, -0.1) is 0 Å². The lowest BCUT2D eigenvalue weighted by atomic mass is 10.1. The molecule has 5 nitrogen and oxygen atoms in total. The summed E-state index contributed by atoms with van der Waals surface area (Å²) in [6.45, 7) is 4.00. The first-order valence-corrected chi connectivity index (χ1v) is 7.61. The summed E-state index contributed by atoms with van der Waals surface area (Å²) in [6, 6.07) is 5.85. The van der Waals surface area contributed by atoms with E-state index in [0.29, 0.717) is 5.16 Å². The van der Waals surface area contributed by atoms with Gasteiger partial charge in [0, 0.05) is 12.7 Å². The molecule has 0 saturated carbocycles. The van der Waals surface area contributed by atoms with Crippen LogP contribution in [0, 0.1) is 13.8 Å². The van der Waals surface area contributed by atoms with Crippen molar-refractivity contribution in [3.8, 4) is 0 Å². The zero-order valence-corrected chi connectivity index (χ0v) is 13.2. The summed E-state index contributed by atoms with van der Waals surface area (Å²) in [7, 11) is 1.82. The van der Waals surface area contributed by atoms with Gasteiger partial charge in [-0.25, -0.2) is 4.98 Å². The van der Waals surface area contributed by atoms with Crippen LogP contribution in [0.15, 0.2) is 29.6 Å². The lowest BCUT2D eigenvalue weighted by Crippen LogP contribution is -2.14. The number of imidazole rings is 1. The van der Waals surface area contributed by atoms with Crippen LogP contribution in [0.2, 0.25) is 0 Å². The Labute approximate surface area is 128 Å². The van der Waals surface area contributed by atoms with Crippen LogP contribution in [-0.2, 0) is 18.4 Å². The predicted molar refractivity (Wildman–Crippen MR) is 84.4 cm³/mol. The molecule has 0 aliphatic rings. The molecule has 0 spiro atoms. The molecule has 1 heterocycles. The molecule has 2 N–H and O–H groups in total. The van der Waals surface area contributed by atoms with Gasteiger partial charge in [-0.2, -0.15) is 0 Å². The van der Waals surface area contributed by atoms with E-state index in [0.717, 1.165) is 16.9 Å². The van der Waals surface area contributed by atoms with Gasteiger partial charge in [0.15, 0.2) is 5.16 Å². The summed E-state index contributed by atoms with van der Waals surface area (Å²) in [4.78, 5) is 16.1. The third-order valence-corrected chi connectivity index (χ3v) is 4.37. The average Bonchev–Trinajstić information content (AvgIpc) is 2.81. The number of rotatable bonds is 5. The Balaban J connectivity index is 1.92. The van der Waals surface area contributed by atoms with Crippen LogP contribution >= 0.6 is 11.8 Å². The van der Waals surface area contributed by atoms with E-state index in [1.807, 2.05) is 39.1 Å². The van der Waals surface area contributed by atoms with Crippen molar-refractivity contribution < 1.29 is 9.90 Å². The maximum absolute atomic E-state index is 12.0. The normalized spacial score (nSPS) is 10.7. The standard InChI is InChI=1S/C15H19N3O2S/c1-10-4-5-12(6-11(10)2)17-14(20)9-21-15-16-7-13(8-19)18(15)3/h4-7,19H,8-9H2,1-3H3,(H,17,20). The number of hydrogen-bond donors (Lipinski definition) is 2. The lowest BCUT2D eigenvalue weighted by Gasteiger charge is -2.08. The second-order valence-electron chi connectivity index (χ2n) is 4.89. The van der Waals surface area contributed by atoms with E-state index in [1.165, 1.54) is 17.3 Å². The Morgan fingerprint density at radius 1 is 1.38 bits per heavy atom. The van der Waals surface area contributed by atoms with Crippen molar-refractivity contribution in [3.05, 3.63) is 41.2 Å². The number of hydrogen-bond acceptors (Lipinski definition) is 4. The van der Waals surface area contributed by atoms with Gasteiger partial charge < -0.3 is 15.0 Å². The zero-order valence-electron chi connectivity index (χ0n) is 12.4. The summed E-state index contributed by atoms with van der Waals surface area (Å²) < 4.78 is 1.79. The topological polar surface area (TPSA) is 67.2 Å². The number of carbonyl (C=O) groups is 1. The van der Waals surface area contributed by atoms with Crippen molar-refractivity contribution in [1.82, 2.24) is 9.55 Å². The van der Waals surface area contributed by atoms with Crippen LogP contribution in [0.3, 0.4) is 0 Å². The van der Waals surface area contributed by atoms with E-state index in [9.17, 15) is 4.79 Å². The van der Waals surface area contributed by atoms with Gasteiger partial charge in [0.25, 0.3) is 0 Å². The van der Waals surface area contributed by atoms with Crippen LogP contribution in [0.5, 0.6) is 0 Å². The number of aliphatic hydroxyl groups is 1. The molecule has 0 fully saturated rings. The molecule has 21 heavy (non-hydrogen) atoms. The molecule has 0 saturated heterocycles. The molecule has 1 aromatic carbocycles. The van der Waals surface area contributed by atoms with Crippen molar-refractivity contribution >= 4 is 23.4 Å². The minimum absolute atomic E-state index is 0.0566. The Morgan fingerprint density at radius 2 is 2.14 bits per heavy atom. The number of aryl methyl sites for hydroxylation is 2. The van der Waals surface area contributed by atoms with Crippen LogP contribution in [0.4, 0.5) is 5.69 Å². The van der Waals surface area contributed by atoms with Crippen LogP contribution in [0.1, 0.15) is 16.8 Å². The van der Waals surface area contributed by atoms with Crippen molar-refractivity contribution in [2.75, 3.05) is 11.1 Å². The molecule has 6 heteroatoms. The number of benzene rings is 1. The van der Waals surface area contributed by atoms with Gasteiger partial charge in [0.2, 0.25) is 5.91 Å². The fraction of sp³-hybridized carbons (Fsp3) is 0.333. The van der Waals surface area contributed by atoms with Gasteiger partial charge in [-0.1, -0.05) is 17.8 Å². The van der Waals surface area contributed by atoms with Crippen LogP contribution in [0.25, 0.3) is 0 Å². The maximum Gasteiger partial charge on any atom is 0.234 e. The summed E-state index contributed by atoms with van der Waals surface area (Å²) in [5, 5.41) is 12.7. The van der Waals surface area contributed by atoms with E-state index < -0.39 is 0 Å².